The lowest BCUT2D eigenvalue weighted by atomic mass is 10.1. The van der Waals surface area contributed by atoms with Gasteiger partial charge in [-0.15, -0.1) is 11.3 Å². The molecule has 5 nitrogen and oxygen atoms in total. The second kappa shape index (κ2) is 4.29. The minimum Gasteiger partial charge on any atom is -0.292 e. The van der Waals surface area contributed by atoms with Crippen LogP contribution < -0.4 is 5.69 Å². The molecule has 17 heavy (non-hydrogen) atoms. The molecule has 0 bridgehead atoms. The number of rotatable bonds is 3. The first-order valence-corrected chi connectivity index (χ1v) is 5.99. The van der Waals surface area contributed by atoms with Crippen LogP contribution in [0.5, 0.6) is 0 Å². The van der Waals surface area contributed by atoms with Crippen molar-refractivity contribution in [3.63, 3.8) is 0 Å². The van der Waals surface area contributed by atoms with Crippen LogP contribution in [0, 0.1) is 13.8 Å². The minimum absolute atomic E-state index is 0.00329. The fourth-order valence-corrected chi connectivity index (χ4v) is 2.60. The van der Waals surface area contributed by atoms with E-state index in [0.29, 0.717) is 5.56 Å². The normalized spacial score (nSPS) is 10.8. The van der Waals surface area contributed by atoms with E-state index < -0.39 is 0 Å². The van der Waals surface area contributed by atoms with E-state index >= 15 is 0 Å². The van der Waals surface area contributed by atoms with Gasteiger partial charge in [-0.25, -0.2) is 9.48 Å². The van der Waals surface area contributed by atoms with Crippen LogP contribution >= 0.6 is 11.3 Å². The molecule has 2 aromatic rings. The summed E-state index contributed by atoms with van der Waals surface area (Å²) < 4.78 is 2.52. The zero-order chi connectivity index (χ0) is 12.6. The smallest absolute Gasteiger partial charge is 0.292 e. The maximum atomic E-state index is 12.0. The molecule has 0 atom stereocenters. The third kappa shape index (κ3) is 2.21. The summed E-state index contributed by atoms with van der Waals surface area (Å²) in [4.78, 5) is 25.6. The lowest BCUT2D eigenvalue weighted by molar-refractivity contribution is 0.0966. The average Bonchev–Trinajstić information content (AvgIpc) is 2.75. The van der Waals surface area contributed by atoms with Gasteiger partial charge in [0.25, 0.3) is 0 Å². The third-order valence-corrected chi connectivity index (χ3v) is 3.49. The first-order chi connectivity index (χ1) is 7.99. The summed E-state index contributed by atoms with van der Waals surface area (Å²) >= 11 is 1.58. The Labute approximate surface area is 102 Å². The van der Waals surface area contributed by atoms with Gasteiger partial charge in [0, 0.05) is 22.4 Å². The van der Waals surface area contributed by atoms with E-state index in [4.69, 9.17) is 0 Å². The van der Waals surface area contributed by atoms with Gasteiger partial charge in [-0.05, 0) is 19.9 Å². The number of aryl methyl sites for hydroxylation is 3. The zero-order valence-electron chi connectivity index (χ0n) is 9.93. The molecule has 0 saturated heterocycles. The summed E-state index contributed by atoms with van der Waals surface area (Å²) in [5, 5.41) is 3.87. The van der Waals surface area contributed by atoms with Crippen LogP contribution in [-0.2, 0) is 13.6 Å². The van der Waals surface area contributed by atoms with Crippen LogP contribution in [0.1, 0.15) is 20.1 Å². The summed E-state index contributed by atoms with van der Waals surface area (Å²) in [6.07, 6.45) is 1.40. The Kier molecular flexibility index (Phi) is 2.97. The van der Waals surface area contributed by atoms with E-state index in [0.717, 1.165) is 9.75 Å². The molecule has 0 saturated carbocycles. The lowest BCUT2D eigenvalue weighted by Crippen LogP contribution is -2.26. The molecule has 0 fully saturated rings. The van der Waals surface area contributed by atoms with E-state index in [-0.39, 0.29) is 18.0 Å². The summed E-state index contributed by atoms with van der Waals surface area (Å²) in [6.45, 7) is 3.87. The molecule has 0 aromatic carbocycles. The van der Waals surface area contributed by atoms with Crippen LogP contribution in [0.15, 0.2) is 17.2 Å². The summed E-state index contributed by atoms with van der Waals surface area (Å²) in [5.74, 6) is -0.0762. The van der Waals surface area contributed by atoms with E-state index in [9.17, 15) is 9.59 Å². The SMILES string of the molecule is Cc1cc(C(=O)Cn2ncn(C)c2=O)c(C)s1. The number of hydrogen-bond acceptors (Lipinski definition) is 4. The van der Waals surface area contributed by atoms with Crippen molar-refractivity contribution in [2.75, 3.05) is 0 Å². The van der Waals surface area contributed by atoms with Crippen molar-refractivity contribution in [1.29, 1.82) is 0 Å². The Bertz CT molecular complexity index is 621. The zero-order valence-corrected chi connectivity index (χ0v) is 10.7. The molecular weight excluding hydrogens is 238 g/mol. The van der Waals surface area contributed by atoms with E-state index in [1.54, 1.807) is 18.4 Å². The standard InChI is InChI=1S/C11H13N3O2S/c1-7-4-9(8(2)17-7)10(15)5-14-11(16)13(3)6-12-14/h4,6H,5H2,1-3H3. The fourth-order valence-electron chi connectivity index (χ4n) is 1.66. The molecule has 0 N–H and O–H groups in total. The summed E-state index contributed by atoms with van der Waals surface area (Å²) in [5.41, 5.74) is 0.410. The van der Waals surface area contributed by atoms with Crippen molar-refractivity contribution in [3.8, 4) is 0 Å². The Hall–Kier alpha value is -1.69. The van der Waals surface area contributed by atoms with Gasteiger partial charge in [-0.1, -0.05) is 0 Å². The van der Waals surface area contributed by atoms with Gasteiger partial charge in [0.15, 0.2) is 5.78 Å². The predicted octanol–water partition coefficient (Wildman–Crippen LogP) is 1.14. The highest BCUT2D eigenvalue weighted by Crippen LogP contribution is 2.21. The first-order valence-electron chi connectivity index (χ1n) is 5.17. The molecule has 0 radical (unpaired) electrons. The molecule has 0 spiro atoms. The largest absolute Gasteiger partial charge is 0.345 e. The Balaban J connectivity index is 2.26. The minimum atomic E-state index is -0.275. The van der Waals surface area contributed by atoms with Crippen LogP contribution in [0.3, 0.4) is 0 Å². The van der Waals surface area contributed by atoms with E-state index in [2.05, 4.69) is 5.10 Å². The van der Waals surface area contributed by atoms with Gasteiger partial charge in [-0.2, -0.15) is 5.10 Å². The Morgan fingerprint density at radius 2 is 2.18 bits per heavy atom. The van der Waals surface area contributed by atoms with E-state index in [1.807, 2.05) is 19.9 Å². The maximum Gasteiger partial charge on any atom is 0.345 e. The monoisotopic (exact) mass is 251 g/mol. The molecule has 0 aliphatic carbocycles. The average molecular weight is 251 g/mol. The van der Waals surface area contributed by atoms with Gasteiger partial charge in [0.05, 0.1) is 0 Å². The van der Waals surface area contributed by atoms with E-state index in [1.165, 1.54) is 15.6 Å². The summed E-state index contributed by atoms with van der Waals surface area (Å²) in [7, 11) is 1.61. The number of nitrogens with zero attached hydrogens (tertiary/aromatic N) is 3. The van der Waals surface area contributed by atoms with Crippen LogP contribution in [-0.4, -0.2) is 20.1 Å². The highest BCUT2D eigenvalue weighted by atomic mass is 32.1. The number of carbonyl (C=O) groups is 1. The summed E-state index contributed by atoms with van der Waals surface area (Å²) in [6, 6.07) is 1.86. The van der Waals surface area contributed by atoms with Gasteiger partial charge < -0.3 is 0 Å². The lowest BCUT2D eigenvalue weighted by Gasteiger charge is -1.98. The number of thiophene rings is 1. The van der Waals surface area contributed by atoms with Gasteiger partial charge >= 0.3 is 5.69 Å². The molecule has 6 heteroatoms. The van der Waals surface area contributed by atoms with Crippen molar-refractivity contribution in [2.24, 2.45) is 7.05 Å². The number of Topliss-reactive ketones (excluding diaryl/α,β-unsaturated/α-hetero) is 1. The molecule has 0 unspecified atom stereocenters. The molecule has 2 aromatic heterocycles. The van der Waals surface area contributed by atoms with Crippen LogP contribution in [0.2, 0.25) is 0 Å². The molecule has 0 aliphatic rings. The molecule has 2 heterocycles. The third-order valence-electron chi connectivity index (χ3n) is 2.52. The van der Waals surface area contributed by atoms with Crippen molar-refractivity contribution < 1.29 is 4.79 Å². The number of hydrogen-bond donors (Lipinski definition) is 0. The van der Waals surface area contributed by atoms with Crippen LogP contribution in [0.25, 0.3) is 0 Å². The molecule has 2 rings (SSSR count). The first kappa shape index (κ1) is 11.8. The van der Waals surface area contributed by atoms with Gasteiger partial charge in [-0.3, -0.25) is 9.36 Å². The fraction of sp³-hybridized carbons (Fsp3) is 0.364. The molecular formula is C11H13N3O2S. The quantitative estimate of drug-likeness (QED) is 0.769. The highest BCUT2D eigenvalue weighted by molar-refractivity contribution is 7.12. The number of carbonyl (C=O) groups excluding carboxylic acids is 1. The van der Waals surface area contributed by atoms with Crippen LogP contribution in [0.4, 0.5) is 0 Å². The van der Waals surface area contributed by atoms with Gasteiger partial charge in [0.1, 0.15) is 12.9 Å². The molecule has 0 aliphatic heterocycles. The highest BCUT2D eigenvalue weighted by Gasteiger charge is 2.14. The van der Waals surface area contributed by atoms with Crippen molar-refractivity contribution >= 4 is 17.1 Å². The van der Waals surface area contributed by atoms with Crippen molar-refractivity contribution in [2.45, 2.75) is 20.4 Å². The topological polar surface area (TPSA) is 56.9 Å². The molecule has 90 valence electrons. The van der Waals surface area contributed by atoms with Gasteiger partial charge in [0.2, 0.25) is 0 Å². The second-order valence-corrected chi connectivity index (χ2v) is 5.39. The predicted molar refractivity (Wildman–Crippen MR) is 65.6 cm³/mol. The number of ketones is 1. The maximum absolute atomic E-state index is 12.0. The molecule has 0 amide bonds. The van der Waals surface area contributed by atoms with Crippen molar-refractivity contribution in [1.82, 2.24) is 14.3 Å². The second-order valence-electron chi connectivity index (χ2n) is 3.93. The van der Waals surface area contributed by atoms with Crippen molar-refractivity contribution in [3.05, 3.63) is 38.2 Å². The Morgan fingerprint density at radius 3 is 2.65 bits per heavy atom. The number of aromatic nitrogens is 3. The Morgan fingerprint density at radius 1 is 1.47 bits per heavy atom.